The molecule has 26 heavy (non-hydrogen) atoms. The van der Waals surface area contributed by atoms with E-state index in [1.54, 1.807) is 55.6 Å². The van der Waals surface area contributed by atoms with Crippen molar-refractivity contribution in [3.63, 3.8) is 0 Å². The minimum absolute atomic E-state index is 0.0383. The Hall–Kier alpha value is -2.59. The maximum Gasteiger partial charge on any atom is 0.193 e. The van der Waals surface area contributed by atoms with E-state index in [1.165, 1.54) is 0 Å². The third-order valence-electron chi connectivity index (χ3n) is 4.30. The van der Waals surface area contributed by atoms with Crippen LogP contribution in [0.1, 0.15) is 15.9 Å². The molecule has 0 aromatic heterocycles. The topological polar surface area (TPSA) is 35.5 Å². The molecule has 3 aromatic rings. The zero-order valence-electron chi connectivity index (χ0n) is 14.9. The van der Waals surface area contributed by atoms with Gasteiger partial charge in [-0.1, -0.05) is 17.0 Å². The molecule has 0 radical (unpaired) electrons. The first-order valence-electron chi connectivity index (χ1n) is 8.25. The molecule has 0 saturated carbocycles. The second-order valence-electron chi connectivity index (χ2n) is 6.07. The molecule has 0 aliphatic carbocycles. The lowest BCUT2D eigenvalue weighted by Crippen LogP contribution is -2.26. The molecule has 0 fully saturated rings. The molecule has 3 rings (SSSR count). The van der Waals surface area contributed by atoms with Gasteiger partial charge in [0, 0.05) is 16.0 Å². The van der Waals surface area contributed by atoms with Crippen LogP contribution in [-0.2, 0) is 0 Å². The van der Waals surface area contributed by atoms with Crippen molar-refractivity contribution >= 4 is 45.0 Å². The Labute approximate surface area is 160 Å². The molecule has 0 saturated heterocycles. The van der Waals surface area contributed by atoms with Crippen molar-refractivity contribution in [3.8, 4) is 17.2 Å². The summed E-state index contributed by atoms with van der Waals surface area (Å²) in [4.78, 5) is 13.4. The van der Waals surface area contributed by atoms with Crippen LogP contribution in [0.4, 0.5) is 0 Å². The first-order chi connectivity index (χ1) is 12.5. The summed E-state index contributed by atoms with van der Waals surface area (Å²) in [7, 11) is 5.64. The van der Waals surface area contributed by atoms with Crippen molar-refractivity contribution < 1.29 is 14.3 Å². The lowest BCUT2D eigenvalue weighted by Gasteiger charge is -2.12. The van der Waals surface area contributed by atoms with Gasteiger partial charge in [-0.2, -0.15) is 0 Å². The maximum atomic E-state index is 12.6. The van der Waals surface area contributed by atoms with E-state index >= 15 is 0 Å². The average molecular weight is 360 g/mol. The summed E-state index contributed by atoms with van der Waals surface area (Å²) in [6.07, 6.45) is 0. The fourth-order valence-electron chi connectivity index (χ4n) is 2.63. The first-order valence-corrected chi connectivity index (χ1v) is 8.69. The van der Waals surface area contributed by atoms with E-state index in [9.17, 15) is 4.79 Å². The van der Waals surface area contributed by atoms with Crippen LogP contribution in [-0.4, -0.2) is 28.6 Å². The monoisotopic (exact) mass is 360 g/mol. The minimum atomic E-state index is -0.0383. The highest BCUT2D eigenvalue weighted by atomic mass is 32.1. The predicted octanol–water partition coefficient (Wildman–Crippen LogP) is 1.52. The summed E-state index contributed by atoms with van der Waals surface area (Å²) in [6, 6.07) is 18.1. The number of benzene rings is 3. The third-order valence-corrected chi connectivity index (χ3v) is 4.56. The van der Waals surface area contributed by atoms with Gasteiger partial charge < -0.3 is 9.47 Å². The van der Waals surface area contributed by atoms with Crippen molar-refractivity contribution in [1.82, 2.24) is 0 Å². The molecule has 0 unspecified atom stereocenters. The highest BCUT2D eigenvalue weighted by Crippen LogP contribution is 2.23. The summed E-state index contributed by atoms with van der Waals surface area (Å²) in [5.41, 5.74) is 3.42. The van der Waals surface area contributed by atoms with Gasteiger partial charge in [0.15, 0.2) is 5.78 Å². The smallest absolute Gasteiger partial charge is 0.193 e. The van der Waals surface area contributed by atoms with Gasteiger partial charge in [-0.15, -0.1) is 12.6 Å². The van der Waals surface area contributed by atoms with Gasteiger partial charge in [0.05, 0.1) is 7.11 Å². The Morgan fingerprint density at radius 1 is 0.885 bits per heavy atom. The van der Waals surface area contributed by atoms with E-state index < -0.39 is 0 Å². The van der Waals surface area contributed by atoms with E-state index in [0.29, 0.717) is 16.9 Å². The molecule has 0 aliphatic heterocycles. The van der Waals surface area contributed by atoms with Crippen LogP contribution in [0.2, 0.25) is 0 Å². The lowest BCUT2D eigenvalue weighted by molar-refractivity contribution is 0.103. The molecule has 0 bridgehead atoms. The predicted molar refractivity (Wildman–Crippen MR) is 113 cm³/mol. The van der Waals surface area contributed by atoms with E-state index in [1.807, 2.05) is 27.8 Å². The molecular weight excluding hydrogens is 342 g/mol. The van der Waals surface area contributed by atoms with Gasteiger partial charge in [0.2, 0.25) is 0 Å². The van der Waals surface area contributed by atoms with Gasteiger partial charge in [-0.3, -0.25) is 4.79 Å². The zero-order valence-corrected chi connectivity index (χ0v) is 15.8. The highest BCUT2D eigenvalue weighted by Gasteiger charge is 2.10. The van der Waals surface area contributed by atoms with Crippen molar-refractivity contribution in [3.05, 3.63) is 71.8 Å². The molecule has 0 amide bonds. The van der Waals surface area contributed by atoms with Crippen LogP contribution in [0.15, 0.2) is 65.6 Å². The van der Waals surface area contributed by atoms with Gasteiger partial charge >= 0.3 is 0 Å². The Morgan fingerprint density at radius 2 is 1.42 bits per heavy atom. The van der Waals surface area contributed by atoms with E-state index in [0.717, 1.165) is 27.3 Å². The second-order valence-corrected chi connectivity index (χ2v) is 6.59. The van der Waals surface area contributed by atoms with E-state index in [2.05, 4.69) is 12.6 Å². The largest absolute Gasteiger partial charge is 0.497 e. The van der Waals surface area contributed by atoms with Crippen molar-refractivity contribution in [2.24, 2.45) is 0 Å². The van der Waals surface area contributed by atoms with Crippen LogP contribution in [0, 0.1) is 0 Å². The molecule has 128 valence electrons. The quantitative estimate of drug-likeness (QED) is 0.426. The number of rotatable bonds is 5. The SMILES string of the molecule is Bc1cc(S)cc(Oc2ccc(C(=O)c3ccc(OC)cc3)cc2)c1B. The Balaban J connectivity index is 1.79. The number of ketones is 1. The van der Waals surface area contributed by atoms with Crippen LogP contribution < -0.4 is 20.4 Å². The van der Waals surface area contributed by atoms with E-state index in [4.69, 9.17) is 9.47 Å². The number of hydrogen-bond donors (Lipinski definition) is 1. The van der Waals surface area contributed by atoms with Gasteiger partial charge in [-0.05, 0) is 54.6 Å². The lowest BCUT2D eigenvalue weighted by atomic mass is 9.80. The normalized spacial score (nSPS) is 10.4. The van der Waals surface area contributed by atoms with Gasteiger partial charge in [0.25, 0.3) is 0 Å². The molecule has 3 aromatic carbocycles. The maximum absolute atomic E-state index is 12.6. The average Bonchev–Trinajstić information content (AvgIpc) is 2.66. The van der Waals surface area contributed by atoms with Crippen molar-refractivity contribution in [2.75, 3.05) is 7.11 Å². The minimum Gasteiger partial charge on any atom is -0.497 e. The Kier molecular flexibility index (Phi) is 5.43. The van der Waals surface area contributed by atoms with Crippen LogP contribution in [0.25, 0.3) is 0 Å². The van der Waals surface area contributed by atoms with Crippen molar-refractivity contribution in [1.29, 1.82) is 0 Å². The number of hydrogen-bond acceptors (Lipinski definition) is 4. The number of thiol groups is 1. The summed E-state index contributed by atoms with van der Waals surface area (Å²) in [5, 5.41) is 0. The molecule has 3 nitrogen and oxygen atoms in total. The standard InChI is InChI=1S/C20H18B2O3S/c1-24-14-6-2-12(3-7-14)20(23)13-4-8-15(9-5-13)25-18-11-16(26)10-17(21)19(18)22/h2-11,26H,21-22H2,1H3. The summed E-state index contributed by atoms with van der Waals surface area (Å²) in [6.45, 7) is 0. The summed E-state index contributed by atoms with van der Waals surface area (Å²) < 4.78 is 11.1. The van der Waals surface area contributed by atoms with E-state index in [-0.39, 0.29) is 5.78 Å². The third kappa shape index (κ3) is 3.97. The number of carbonyl (C=O) groups excluding carboxylic acids is 1. The Bertz CT molecular complexity index is 939. The molecule has 0 spiro atoms. The van der Waals surface area contributed by atoms with Crippen LogP contribution in [0.5, 0.6) is 17.2 Å². The van der Waals surface area contributed by atoms with Crippen LogP contribution in [0.3, 0.4) is 0 Å². The summed E-state index contributed by atoms with van der Waals surface area (Å²) >= 11 is 4.40. The van der Waals surface area contributed by atoms with Crippen LogP contribution >= 0.6 is 12.6 Å². The fourth-order valence-corrected chi connectivity index (χ4v) is 2.94. The molecule has 6 heteroatoms. The fraction of sp³-hybridized carbons (Fsp3) is 0.0500. The second kappa shape index (κ2) is 7.75. The van der Waals surface area contributed by atoms with Gasteiger partial charge in [-0.25, -0.2) is 0 Å². The Morgan fingerprint density at radius 3 is 1.96 bits per heavy atom. The molecule has 0 atom stereocenters. The molecule has 0 N–H and O–H groups in total. The number of methoxy groups -OCH3 is 1. The van der Waals surface area contributed by atoms with Gasteiger partial charge in [0.1, 0.15) is 32.9 Å². The van der Waals surface area contributed by atoms with Crippen molar-refractivity contribution in [2.45, 2.75) is 4.90 Å². The zero-order chi connectivity index (χ0) is 18.7. The molecule has 0 heterocycles. The number of ether oxygens (including phenoxy) is 2. The highest BCUT2D eigenvalue weighted by molar-refractivity contribution is 7.80. The number of carbonyl (C=O) groups is 1. The molecular formula is C20H18B2O3S. The molecule has 0 aliphatic rings. The first kappa shape index (κ1) is 18.2. The summed E-state index contributed by atoms with van der Waals surface area (Å²) in [5.74, 6) is 2.13.